The monoisotopic (exact) mass is 289 g/mol. The number of rotatable bonds is 5. The summed E-state index contributed by atoms with van der Waals surface area (Å²) in [7, 11) is 0. The van der Waals surface area contributed by atoms with Gasteiger partial charge >= 0.3 is 0 Å². The van der Waals surface area contributed by atoms with Crippen LogP contribution in [0.25, 0.3) is 0 Å². The summed E-state index contributed by atoms with van der Waals surface area (Å²) >= 11 is 0. The highest BCUT2D eigenvalue weighted by Gasteiger charge is 2.20. The number of carbonyl (C=O) groups is 1. The van der Waals surface area contributed by atoms with Crippen molar-refractivity contribution in [2.75, 3.05) is 31.5 Å². The molecular formula is C17H27N3O. The van der Waals surface area contributed by atoms with Gasteiger partial charge in [0.2, 0.25) is 5.91 Å². The molecule has 0 radical (unpaired) electrons. The highest BCUT2D eigenvalue weighted by molar-refractivity contribution is 5.92. The molecule has 21 heavy (non-hydrogen) atoms. The summed E-state index contributed by atoms with van der Waals surface area (Å²) < 4.78 is 0. The van der Waals surface area contributed by atoms with Gasteiger partial charge in [0.1, 0.15) is 0 Å². The number of nitrogens with two attached hydrogens (primary N) is 1. The van der Waals surface area contributed by atoms with Gasteiger partial charge in [0.05, 0.1) is 6.54 Å². The van der Waals surface area contributed by atoms with Gasteiger partial charge in [0.25, 0.3) is 0 Å². The molecule has 4 nitrogen and oxygen atoms in total. The molecule has 0 spiro atoms. The Morgan fingerprint density at radius 2 is 2.00 bits per heavy atom. The summed E-state index contributed by atoms with van der Waals surface area (Å²) in [4.78, 5) is 14.4. The third-order valence-corrected chi connectivity index (χ3v) is 4.44. The Balaban J connectivity index is 1.78. The highest BCUT2D eigenvalue weighted by Crippen LogP contribution is 2.20. The molecule has 0 unspecified atom stereocenters. The van der Waals surface area contributed by atoms with Crippen molar-refractivity contribution in [1.82, 2.24) is 4.90 Å². The summed E-state index contributed by atoms with van der Waals surface area (Å²) in [5.74, 6) is 0.824. The second-order valence-electron chi connectivity index (χ2n) is 6.14. The van der Waals surface area contributed by atoms with Gasteiger partial charge in [-0.2, -0.15) is 0 Å². The Kier molecular flexibility index (Phi) is 5.76. The first kappa shape index (κ1) is 16.0. The summed E-state index contributed by atoms with van der Waals surface area (Å²) in [6.07, 6.45) is 3.44. The molecule has 1 fully saturated rings. The fourth-order valence-corrected chi connectivity index (χ4v) is 2.89. The third-order valence-electron chi connectivity index (χ3n) is 4.44. The number of nitrogens with zero attached hydrogens (tertiary/aromatic N) is 1. The van der Waals surface area contributed by atoms with Gasteiger partial charge in [-0.05, 0) is 81.9 Å². The molecule has 1 heterocycles. The van der Waals surface area contributed by atoms with E-state index in [1.807, 2.05) is 18.2 Å². The minimum Gasteiger partial charge on any atom is -0.330 e. The van der Waals surface area contributed by atoms with Crippen LogP contribution in [0.15, 0.2) is 18.2 Å². The van der Waals surface area contributed by atoms with Gasteiger partial charge < -0.3 is 11.1 Å². The average Bonchev–Trinajstić information content (AvgIpc) is 2.45. The second-order valence-corrected chi connectivity index (χ2v) is 6.14. The van der Waals surface area contributed by atoms with E-state index in [0.29, 0.717) is 6.54 Å². The van der Waals surface area contributed by atoms with Gasteiger partial charge in [-0.15, -0.1) is 0 Å². The fourth-order valence-electron chi connectivity index (χ4n) is 2.89. The normalized spacial score (nSPS) is 16.9. The van der Waals surface area contributed by atoms with Gasteiger partial charge in [-0.1, -0.05) is 6.07 Å². The van der Waals surface area contributed by atoms with Crippen molar-refractivity contribution in [1.29, 1.82) is 0 Å². The van der Waals surface area contributed by atoms with Crippen LogP contribution in [0.4, 0.5) is 5.69 Å². The maximum absolute atomic E-state index is 12.1. The van der Waals surface area contributed by atoms with E-state index in [9.17, 15) is 4.79 Å². The summed E-state index contributed by atoms with van der Waals surface area (Å²) in [5.41, 5.74) is 8.95. The molecule has 0 aromatic heterocycles. The lowest BCUT2D eigenvalue weighted by atomic mass is 9.94. The minimum absolute atomic E-state index is 0.0792. The molecule has 0 bridgehead atoms. The molecule has 1 aromatic rings. The smallest absolute Gasteiger partial charge is 0.238 e. The zero-order valence-electron chi connectivity index (χ0n) is 13.2. The van der Waals surface area contributed by atoms with E-state index in [1.54, 1.807) is 0 Å². The van der Waals surface area contributed by atoms with Gasteiger partial charge in [-0.3, -0.25) is 9.69 Å². The molecule has 1 amide bonds. The molecule has 1 aromatic carbocycles. The van der Waals surface area contributed by atoms with Crippen LogP contribution in [0.5, 0.6) is 0 Å². The quantitative estimate of drug-likeness (QED) is 0.874. The lowest BCUT2D eigenvalue weighted by Gasteiger charge is -2.31. The largest absolute Gasteiger partial charge is 0.330 e. The molecule has 1 aliphatic heterocycles. The predicted octanol–water partition coefficient (Wildman–Crippen LogP) is 2.30. The number of hydrogen-bond acceptors (Lipinski definition) is 3. The van der Waals surface area contributed by atoms with Crippen LogP contribution in [-0.2, 0) is 4.79 Å². The van der Waals surface area contributed by atoms with Crippen LogP contribution >= 0.6 is 0 Å². The summed E-state index contributed by atoms with van der Waals surface area (Å²) in [5, 5.41) is 2.99. The van der Waals surface area contributed by atoms with Gasteiger partial charge in [0, 0.05) is 5.69 Å². The highest BCUT2D eigenvalue weighted by atomic mass is 16.2. The first-order valence-electron chi connectivity index (χ1n) is 7.88. The van der Waals surface area contributed by atoms with Crippen molar-refractivity contribution in [3.63, 3.8) is 0 Å². The van der Waals surface area contributed by atoms with Crippen LogP contribution in [0.1, 0.15) is 30.4 Å². The van der Waals surface area contributed by atoms with Crippen LogP contribution in [-0.4, -0.2) is 37.0 Å². The number of amides is 1. The number of aryl methyl sites for hydroxylation is 2. The average molecular weight is 289 g/mol. The number of hydrogen-bond donors (Lipinski definition) is 2. The van der Waals surface area contributed by atoms with Crippen LogP contribution in [0.3, 0.4) is 0 Å². The fraction of sp³-hybridized carbons (Fsp3) is 0.588. The lowest BCUT2D eigenvalue weighted by Crippen LogP contribution is -2.39. The van der Waals surface area contributed by atoms with Crippen LogP contribution in [0.2, 0.25) is 0 Å². The van der Waals surface area contributed by atoms with E-state index >= 15 is 0 Å². The van der Waals surface area contributed by atoms with E-state index in [0.717, 1.165) is 50.5 Å². The minimum atomic E-state index is 0.0792. The zero-order valence-corrected chi connectivity index (χ0v) is 13.2. The van der Waals surface area contributed by atoms with E-state index in [2.05, 4.69) is 24.1 Å². The van der Waals surface area contributed by atoms with Gasteiger partial charge in [0.15, 0.2) is 0 Å². The van der Waals surface area contributed by atoms with E-state index in [1.165, 1.54) is 11.1 Å². The number of carbonyl (C=O) groups excluding carboxylic acids is 1. The number of piperidine rings is 1. The maximum atomic E-state index is 12.1. The molecule has 0 aliphatic carbocycles. The summed E-state index contributed by atoms with van der Waals surface area (Å²) in [6, 6.07) is 6.04. The molecule has 2 rings (SSSR count). The maximum Gasteiger partial charge on any atom is 0.238 e. The molecule has 4 heteroatoms. The first-order valence-corrected chi connectivity index (χ1v) is 7.88. The Morgan fingerprint density at radius 1 is 1.29 bits per heavy atom. The molecule has 3 N–H and O–H groups in total. The van der Waals surface area contributed by atoms with Crippen molar-refractivity contribution in [3.8, 4) is 0 Å². The second kappa shape index (κ2) is 7.57. The van der Waals surface area contributed by atoms with Crippen molar-refractivity contribution in [2.24, 2.45) is 11.7 Å². The van der Waals surface area contributed by atoms with Gasteiger partial charge in [-0.25, -0.2) is 0 Å². The predicted molar refractivity (Wildman–Crippen MR) is 87.4 cm³/mol. The molecule has 1 saturated heterocycles. The standard InChI is InChI=1S/C17H27N3O/c1-13-3-4-16(11-14(13)2)19-17(21)12-20-9-6-15(5-8-18)7-10-20/h3-4,11,15H,5-10,12,18H2,1-2H3,(H,19,21). The molecular weight excluding hydrogens is 262 g/mol. The number of likely N-dealkylation sites (tertiary alicyclic amines) is 1. The van der Waals surface area contributed by atoms with Crippen molar-refractivity contribution >= 4 is 11.6 Å². The van der Waals surface area contributed by atoms with E-state index < -0.39 is 0 Å². The number of anilines is 1. The molecule has 0 atom stereocenters. The third kappa shape index (κ3) is 4.83. The van der Waals surface area contributed by atoms with Crippen LogP contribution < -0.4 is 11.1 Å². The Labute approximate surface area is 127 Å². The lowest BCUT2D eigenvalue weighted by molar-refractivity contribution is -0.117. The van der Waals surface area contributed by atoms with E-state index in [4.69, 9.17) is 5.73 Å². The van der Waals surface area contributed by atoms with Crippen molar-refractivity contribution < 1.29 is 4.79 Å². The number of benzene rings is 1. The first-order chi connectivity index (χ1) is 10.1. The Morgan fingerprint density at radius 3 is 2.62 bits per heavy atom. The van der Waals surface area contributed by atoms with Crippen LogP contribution in [0, 0.1) is 19.8 Å². The van der Waals surface area contributed by atoms with Crippen molar-refractivity contribution in [2.45, 2.75) is 33.1 Å². The Hall–Kier alpha value is -1.39. The Bertz CT molecular complexity index is 479. The zero-order chi connectivity index (χ0) is 15.2. The number of nitrogens with one attached hydrogen (secondary N) is 1. The molecule has 116 valence electrons. The summed E-state index contributed by atoms with van der Waals surface area (Å²) in [6.45, 7) is 7.41. The van der Waals surface area contributed by atoms with Crippen molar-refractivity contribution in [3.05, 3.63) is 29.3 Å². The molecule has 1 aliphatic rings. The molecule has 0 saturated carbocycles. The topological polar surface area (TPSA) is 58.4 Å². The van der Waals surface area contributed by atoms with E-state index in [-0.39, 0.29) is 5.91 Å². The SMILES string of the molecule is Cc1ccc(NC(=O)CN2CCC(CCN)CC2)cc1C.